The van der Waals surface area contributed by atoms with Gasteiger partial charge in [0.05, 0.1) is 11.6 Å². The monoisotopic (exact) mass is 204 g/mol. The molecule has 3 nitrogen and oxygen atoms in total. The fourth-order valence-corrected chi connectivity index (χ4v) is 1.56. The van der Waals surface area contributed by atoms with Gasteiger partial charge in [0, 0.05) is 11.6 Å². The highest BCUT2D eigenvalue weighted by Gasteiger charge is 2.13. The Balaban J connectivity index is 2.97. The molecule has 0 radical (unpaired) electrons. The minimum absolute atomic E-state index is 0.169. The molecule has 1 aromatic carbocycles. The minimum atomic E-state index is -0.210. The summed E-state index contributed by atoms with van der Waals surface area (Å²) in [6, 6.07) is 6.59. The Labute approximate surface area is 90.1 Å². The molecule has 0 heterocycles. The van der Waals surface area contributed by atoms with Gasteiger partial charge in [0.2, 0.25) is 0 Å². The van der Waals surface area contributed by atoms with Gasteiger partial charge in [-0.15, -0.1) is 0 Å². The molecular weight excluding hydrogens is 188 g/mol. The van der Waals surface area contributed by atoms with Crippen molar-refractivity contribution in [2.45, 2.75) is 26.3 Å². The molecule has 3 heteroatoms. The van der Waals surface area contributed by atoms with Crippen molar-refractivity contribution in [3.63, 3.8) is 0 Å². The Morgan fingerprint density at radius 1 is 1.47 bits per heavy atom. The third kappa shape index (κ3) is 2.97. The standard InChI is InChI=1S/C12H16N2O/c1-8(2)5-11(14)10-6-9(7-13)3-4-12(10)15/h3-4,6,8,11,15H,5,14H2,1-2H3/t11-/m0/s1. The molecular formula is C12H16N2O. The van der Waals surface area contributed by atoms with Crippen LogP contribution in [0.25, 0.3) is 0 Å². The van der Waals surface area contributed by atoms with Gasteiger partial charge in [-0.1, -0.05) is 13.8 Å². The number of nitrogens with two attached hydrogens (primary N) is 1. The Morgan fingerprint density at radius 2 is 2.13 bits per heavy atom. The second kappa shape index (κ2) is 4.81. The van der Waals surface area contributed by atoms with Gasteiger partial charge >= 0.3 is 0 Å². The number of hydrogen-bond acceptors (Lipinski definition) is 3. The number of aromatic hydroxyl groups is 1. The zero-order valence-electron chi connectivity index (χ0n) is 9.07. The maximum Gasteiger partial charge on any atom is 0.120 e. The van der Waals surface area contributed by atoms with E-state index in [4.69, 9.17) is 11.0 Å². The molecule has 15 heavy (non-hydrogen) atoms. The number of phenolic OH excluding ortho intramolecular Hbond substituents is 1. The Hall–Kier alpha value is -1.53. The smallest absolute Gasteiger partial charge is 0.120 e. The van der Waals surface area contributed by atoms with Crippen molar-refractivity contribution in [2.75, 3.05) is 0 Å². The van der Waals surface area contributed by atoms with Crippen LogP contribution in [0, 0.1) is 17.2 Å². The fraction of sp³-hybridized carbons (Fsp3) is 0.417. The Morgan fingerprint density at radius 3 is 2.67 bits per heavy atom. The van der Waals surface area contributed by atoms with Crippen molar-refractivity contribution in [3.8, 4) is 11.8 Å². The number of nitrogens with zero attached hydrogens (tertiary/aromatic N) is 1. The maximum atomic E-state index is 9.62. The lowest BCUT2D eigenvalue weighted by atomic mass is 9.96. The van der Waals surface area contributed by atoms with Crippen LogP contribution in [0.5, 0.6) is 5.75 Å². The van der Waals surface area contributed by atoms with E-state index in [0.29, 0.717) is 17.0 Å². The first kappa shape index (κ1) is 11.5. The molecule has 1 atom stereocenters. The van der Waals surface area contributed by atoms with Crippen LogP contribution in [-0.2, 0) is 0 Å². The maximum absolute atomic E-state index is 9.62. The summed E-state index contributed by atoms with van der Waals surface area (Å²) in [5, 5.41) is 18.4. The van der Waals surface area contributed by atoms with Crippen molar-refractivity contribution >= 4 is 0 Å². The summed E-state index contributed by atoms with van der Waals surface area (Å²) in [4.78, 5) is 0. The van der Waals surface area contributed by atoms with Crippen LogP contribution in [0.3, 0.4) is 0 Å². The van der Waals surface area contributed by atoms with E-state index in [0.717, 1.165) is 6.42 Å². The topological polar surface area (TPSA) is 70.0 Å². The molecule has 0 aliphatic rings. The van der Waals surface area contributed by atoms with Gasteiger partial charge in [-0.2, -0.15) is 5.26 Å². The fourth-order valence-electron chi connectivity index (χ4n) is 1.56. The molecule has 0 saturated carbocycles. The summed E-state index contributed by atoms with van der Waals surface area (Å²) in [6.07, 6.45) is 0.794. The quantitative estimate of drug-likeness (QED) is 0.793. The minimum Gasteiger partial charge on any atom is -0.508 e. The van der Waals surface area contributed by atoms with E-state index in [9.17, 15) is 5.11 Å². The highest BCUT2D eigenvalue weighted by Crippen LogP contribution is 2.27. The largest absolute Gasteiger partial charge is 0.508 e. The Bertz CT molecular complexity index is 380. The summed E-state index contributed by atoms with van der Waals surface area (Å²) in [6.45, 7) is 4.15. The van der Waals surface area contributed by atoms with Crippen LogP contribution in [-0.4, -0.2) is 5.11 Å². The van der Waals surface area contributed by atoms with Crippen molar-refractivity contribution in [1.82, 2.24) is 0 Å². The van der Waals surface area contributed by atoms with Crippen molar-refractivity contribution in [1.29, 1.82) is 5.26 Å². The van der Waals surface area contributed by atoms with Crippen molar-refractivity contribution in [3.05, 3.63) is 29.3 Å². The summed E-state index contributed by atoms with van der Waals surface area (Å²) in [7, 11) is 0. The summed E-state index contributed by atoms with van der Waals surface area (Å²) in [5.41, 5.74) is 7.14. The van der Waals surface area contributed by atoms with E-state index in [1.807, 2.05) is 6.07 Å². The van der Waals surface area contributed by atoms with Gasteiger partial charge < -0.3 is 10.8 Å². The Kier molecular flexibility index (Phi) is 3.70. The molecule has 80 valence electrons. The van der Waals surface area contributed by atoms with E-state index in [-0.39, 0.29) is 11.8 Å². The number of benzene rings is 1. The van der Waals surface area contributed by atoms with Crippen LogP contribution in [0.2, 0.25) is 0 Å². The summed E-state index contributed by atoms with van der Waals surface area (Å²) < 4.78 is 0. The lowest BCUT2D eigenvalue weighted by Gasteiger charge is -2.15. The van der Waals surface area contributed by atoms with E-state index in [2.05, 4.69) is 13.8 Å². The van der Waals surface area contributed by atoms with Crippen LogP contribution in [0.15, 0.2) is 18.2 Å². The van der Waals surface area contributed by atoms with Crippen molar-refractivity contribution < 1.29 is 5.11 Å². The van der Waals surface area contributed by atoms with Crippen LogP contribution in [0.1, 0.15) is 37.4 Å². The first-order valence-corrected chi connectivity index (χ1v) is 5.03. The van der Waals surface area contributed by atoms with E-state index >= 15 is 0 Å². The zero-order valence-corrected chi connectivity index (χ0v) is 9.07. The zero-order chi connectivity index (χ0) is 11.4. The molecule has 3 N–H and O–H groups in total. The first-order valence-electron chi connectivity index (χ1n) is 5.03. The molecule has 1 aromatic rings. The van der Waals surface area contributed by atoms with Gasteiger partial charge in [-0.3, -0.25) is 0 Å². The molecule has 1 rings (SSSR count). The number of rotatable bonds is 3. The second-order valence-electron chi connectivity index (χ2n) is 4.12. The molecule has 0 saturated heterocycles. The predicted molar refractivity (Wildman–Crippen MR) is 59.2 cm³/mol. The second-order valence-corrected chi connectivity index (χ2v) is 4.12. The molecule has 0 unspecified atom stereocenters. The SMILES string of the molecule is CC(C)C[C@H](N)c1cc(C#N)ccc1O. The van der Waals surface area contributed by atoms with Crippen LogP contribution in [0.4, 0.5) is 0 Å². The highest BCUT2D eigenvalue weighted by atomic mass is 16.3. The van der Waals surface area contributed by atoms with Crippen LogP contribution < -0.4 is 5.73 Å². The molecule has 0 spiro atoms. The van der Waals surface area contributed by atoms with Gasteiger partial charge in [0.25, 0.3) is 0 Å². The van der Waals surface area contributed by atoms with E-state index in [1.165, 1.54) is 6.07 Å². The van der Waals surface area contributed by atoms with Gasteiger partial charge in [0.15, 0.2) is 0 Å². The summed E-state index contributed by atoms with van der Waals surface area (Å²) >= 11 is 0. The third-order valence-electron chi connectivity index (χ3n) is 2.28. The summed E-state index contributed by atoms with van der Waals surface area (Å²) in [5.74, 6) is 0.632. The predicted octanol–water partition coefficient (Wildman–Crippen LogP) is 2.31. The third-order valence-corrected chi connectivity index (χ3v) is 2.28. The van der Waals surface area contributed by atoms with Gasteiger partial charge in [-0.25, -0.2) is 0 Å². The lowest BCUT2D eigenvalue weighted by molar-refractivity contribution is 0.445. The molecule has 0 aromatic heterocycles. The van der Waals surface area contributed by atoms with Crippen LogP contribution >= 0.6 is 0 Å². The number of hydrogen-bond donors (Lipinski definition) is 2. The lowest BCUT2D eigenvalue weighted by Crippen LogP contribution is -2.13. The van der Waals surface area contributed by atoms with E-state index in [1.54, 1.807) is 12.1 Å². The first-order chi connectivity index (χ1) is 7.04. The molecule has 0 fully saturated rings. The normalized spacial score (nSPS) is 12.5. The molecule has 0 aliphatic heterocycles. The highest BCUT2D eigenvalue weighted by molar-refractivity contribution is 5.42. The average molecular weight is 204 g/mol. The van der Waals surface area contributed by atoms with Crippen molar-refractivity contribution in [2.24, 2.45) is 11.7 Å². The molecule has 0 bridgehead atoms. The van der Waals surface area contributed by atoms with E-state index < -0.39 is 0 Å². The number of nitriles is 1. The average Bonchev–Trinajstić information content (AvgIpc) is 2.17. The van der Waals surface area contributed by atoms with Gasteiger partial charge in [0.1, 0.15) is 5.75 Å². The van der Waals surface area contributed by atoms with Gasteiger partial charge in [-0.05, 0) is 30.5 Å². The molecule has 0 aliphatic carbocycles. The number of phenols is 1. The molecule has 0 amide bonds.